The van der Waals surface area contributed by atoms with Crippen LogP contribution in [0.15, 0.2) is 0 Å². The number of likely N-dealkylation sites (N-methyl/N-ethyl adjacent to an activating group) is 1. The summed E-state index contributed by atoms with van der Waals surface area (Å²) in [7, 11) is 2.02. The molecular formula is C13H25N3O3. The summed E-state index contributed by atoms with van der Waals surface area (Å²) in [5.74, 6) is -0.920. The minimum atomic E-state index is -1.03. The van der Waals surface area contributed by atoms with Crippen molar-refractivity contribution in [3.63, 3.8) is 0 Å². The summed E-state index contributed by atoms with van der Waals surface area (Å²) in [6, 6.07) is -0.188. The molecule has 0 bridgehead atoms. The van der Waals surface area contributed by atoms with Gasteiger partial charge in [-0.15, -0.1) is 0 Å². The normalized spacial score (nSPS) is 18.3. The van der Waals surface area contributed by atoms with Gasteiger partial charge in [-0.2, -0.15) is 0 Å². The van der Waals surface area contributed by atoms with Crippen LogP contribution in [-0.2, 0) is 4.79 Å². The fourth-order valence-electron chi connectivity index (χ4n) is 1.78. The predicted molar refractivity (Wildman–Crippen MR) is 73.1 cm³/mol. The Bertz CT molecular complexity index is 358. The van der Waals surface area contributed by atoms with Crippen molar-refractivity contribution in [3.8, 4) is 0 Å². The number of nitrogens with zero attached hydrogens (tertiary/aromatic N) is 2. The minimum absolute atomic E-state index is 0.188. The summed E-state index contributed by atoms with van der Waals surface area (Å²) in [4.78, 5) is 27.4. The van der Waals surface area contributed by atoms with Gasteiger partial charge in [-0.25, -0.2) is 4.79 Å². The Morgan fingerprint density at radius 3 is 1.95 bits per heavy atom. The Morgan fingerprint density at radius 2 is 1.53 bits per heavy atom. The average Bonchev–Trinajstić information content (AvgIpc) is 2.28. The van der Waals surface area contributed by atoms with Crippen molar-refractivity contribution in [1.29, 1.82) is 0 Å². The lowest BCUT2D eigenvalue weighted by molar-refractivity contribution is -0.150. The molecule has 0 atom stereocenters. The Kier molecular flexibility index (Phi) is 4.45. The Morgan fingerprint density at radius 1 is 1.05 bits per heavy atom. The Hall–Kier alpha value is -1.30. The first-order valence-electron chi connectivity index (χ1n) is 6.57. The molecule has 6 nitrogen and oxygen atoms in total. The summed E-state index contributed by atoms with van der Waals surface area (Å²) in [6.07, 6.45) is 0. The first kappa shape index (κ1) is 15.8. The van der Waals surface area contributed by atoms with E-state index in [-0.39, 0.29) is 6.03 Å². The van der Waals surface area contributed by atoms with Crippen LogP contribution in [-0.4, -0.2) is 65.7 Å². The fraction of sp³-hybridized carbons (Fsp3) is 0.846. The third-order valence-corrected chi connectivity index (χ3v) is 4.31. The molecule has 0 aromatic heterocycles. The summed E-state index contributed by atoms with van der Waals surface area (Å²) in [6.45, 7) is 9.77. The quantitative estimate of drug-likeness (QED) is 0.797. The molecule has 6 heteroatoms. The standard InChI is InChI=1S/C13H25N3O3/c1-12(2,10(17)18)13(3,4)14-11(19)16-8-6-15(5)7-9-16/h6-9H2,1-5H3,(H,14,19)(H,17,18). The molecule has 1 rings (SSSR count). The lowest BCUT2D eigenvalue weighted by Crippen LogP contribution is -2.61. The van der Waals surface area contributed by atoms with Gasteiger partial charge in [0, 0.05) is 26.2 Å². The van der Waals surface area contributed by atoms with Crippen molar-refractivity contribution in [2.24, 2.45) is 5.41 Å². The van der Waals surface area contributed by atoms with Crippen LogP contribution in [0.2, 0.25) is 0 Å². The van der Waals surface area contributed by atoms with E-state index in [0.717, 1.165) is 13.1 Å². The third-order valence-electron chi connectivity index (χ3n) is 4.31. The maximum atomic E-state index is 12.2. The van der Waals surface area contributed by atoms with Crippen molar-refractivity contribution in [3.05, 3.63) is 0 Å². The zero-order valence-electron chi connectivity index (χ0n) is 12.5. The van der Waals surface area contributed by atoms with E-state index in [1.165, 1.54) is 0 Å². The lowest BCUT2D eigenvalue weighted by Gasteiger charge is -2.41. The lowest BCUT2D eigenvalue weighted by atomic mass is 9.74. The van der Waals surface area contributed by atoms with Crippen LogP contribution in [0.4, 0.5) is 4.79 Å². The highest BCUT2D eigenvalue weighted by molar-refractivity contribution is 5.79. The number of amides is 2. The number of carbonyl (C=O) groups is 2. The maximum absolute atomic E-state index is 12.2. The second-order valence-corrected chi connectivity index (χ2v) is 6.28. The van der Waals surface area contributed by atoms with Gasteiger partial charge < -0.3 is 20.2 Å². The van der Waals surface area contributed by atoms with Crippen LogP contribution in [0.1, 0.15) is 27.7 Å². The molecule has 1 heterocycles. The van der Waals surface area contributed by atoms with Crippen molar-refractivity contribution in [2.75, 3.05) is 33.2 Å². The Labute approximate surface area is 114 Å². The number of carbonyl (C=O) groups excluding carboxylic acids is 1. The van der Waals surface area contributed by atoms with Crippen LogP contribution in [0.25, 0.3) is 0 Å². The van der Waals surface area contributed by atoms with Gasteiger partial charge in [-0.1, -0.05) is 0 Å². The molecule has 1 saturated heterocycles. The first-order chi connectivity index (χ1) is 8.58. The van der Waals surface area contributed by atoms with E-state index >= 15 is 0 Å². The summed E-state index contributed by atoms with van der Waals surface area (Å²) in [5, 5.41) is 12.1. The molecule has 1 aliphatic heterocycles. The van der Waals surface area contributed by atoms with Gasteiger partial charge in [0.15, 0.2) is 0 Å². The van der Waals surface area contributed by atoms with Crippen LogP contribution in [0.3, 0.4) is 0 Å². The van der Waals surface area contributed by atoms with Crippen molar-refractivity contribution in [2.45, 2.75) is 33.2 Å². The second-order valence-electron chi connectivity index (χ2n) is 6.28. The number of urea groups is 1. The fourth-order valence-corrected chi connectivity index (χ4v) is 1.78. The number of carboxylic acids is 1. The molecule has 2 amide bonds. The number of hydrogen-bond donors (Lipinski definition) is 2. The predicted octanol–water partition coefficient (Wildman–Crippen LogP) is 0.833. The molecule has 1 aliphatic rings. The van der Waals surface area contributed by atoms with E-state index in [4.69, 9.17) is 0 Å². The van der Waals surface area contributed by atoms with Gasteiger partial charge in [0.25, 0.3) is 0 Å². The number of rotatable bonds is 3. The van der Waals surface area contributed by atoms with Crippen molar-refractivity contribution in [1.82, 2.24) is 15.1 Å². The molecule has 19 heavy (non-hydrogen) atoms. The van der Waals surface area contributed by atoms with Gasteiger partial charge in [0.2, 0.25) is 0 Å². The third kappa shape index (κ3) is 3.37. The van der Waals surface area contributed by atoms with Gasteiger partial charge in [-0.3, -0.25) is 4.79 Å². The number of piperazine rings is 1. The van der Waals surface area contributed by atoms with Gasteiger partial charge >= 0.3 is 12.0 Å². The van der Waals surface area contributed by atoms with Crippen LogP contribution in [0.5, 0.6) is 0 Å². The first-order valence-corrected chi connectivity index (χ1v) is 6.57. The largest absolute Gasteiger partial charge is 0.481 e. The molecular weight excluding hydrogens is 246 g/mol. The molecule has 1 fully saturated rings. The van der Waals surface area contributed by atoms with Crippen molar-refractivity contribution < 1.29 is 14.7 Å². The topological polar surface area (TPSA) is 72.9 Å². The number of nitrogens with one attached hydrogen (secondary N) is 1. The minimum Gasteiger partial charge on any atom is -0.481 e. The SMILES string of the molecule is CN1CCN(C(=O)NC(C)(C)C(C)(C)C(=O)O)CC1. The second kappa shape index (κ2) is 5.36. The summed E-state index contributed by atoms with van der Waals surface area (Å²) < 4.78 is 0. The molecule has 0 aromatic rings. The van der Waals surface area contributed by atoms with E-state index in [2.05, 4.69) is 10.2 Å². The number of carboxylic acid groups (broad SMARTS) is 1. The molecule has 0 saturated carbocycles. The molecule has 0 radical (unpaired) electrons. The number of aliphatic carboxylic acids is 1. The van der Waals surface area contributed by atoms with Gasteiger partial charge in [0.05, 0.1) is 11.0 Å². The molecule has 0 spiro atoms. The van der Waals surface area contributed by atoms with E-state index in [1.54, 1.807) is 32.6 Å². The van der Waals surface area contributed by atoms with E-state index in [9.17, 15) is 14.7 Å². The van der Waals surface area contributed by atoms with Gasteiger partial charge in [-0.05, 0) is 34.7 Å². The van der Waals surface area contributed by atoms with E-state index < -0.39 is 16.9 Å². The van der Waals surface area contributed by atoms with Crippen LogP contribution < -0.4 is 5.32 Å². The smallest absolute Gasteiger partial charge is 0.317 e. The van der Waals surface area contributed by atoms with E-state index in [0.29, 0.717) is 13.1 Å². The highest BCUT2D eigenvalue weighted by atomic mass is 16.4. The molecule has 0 aromatic carbocycles. The maximum Gasteiger partial charge on any atom is 0.317 e. The zero-order valence-corrected chi connectivity index (χ0v) is 12.5. The highest BCUT2D eigenvalue weighted by Crippen LogP contribution is 2.30. The van der Waals surface area contributed by atoms with Crippen molar-refractivity contribution >= 4 is 12.0 Å². The summed E-state index contributed by atoms with van der Waals surface area (Å²) >= 11 is 0. The highest BCUT2D eigenvalue weighted by Gasteiger charge is 2.45. The monoisotopic (exact) mass is 271 g/mol. The van der Waals surface area contributed by atoms with E-state index in [1.807, 2.05) is 7.05 Å². The van der Waals surface area contributed by atoms with Crippen LogP contribution >= 0.6 is 0 Å². The Balaban J connectivity index is 2.68. The molecule has 110 valence electrons. The molecule has 0 unspecified atom stereocenters. The summed E-state index contributed by atoms with van der Waals surface area (Å²) in [5.41, 5.74) is -1.85. The van der Waals surface area contributed by atoms with Gasteiger partial charge in [0.1, 0.15) is 0 Å². The van der Waals surface area contributed by atoms with Crippen LogP contribution in [0, 0.1) is 5.41 Å². The zero-order chi connectivity index (χ0) is 14.8. The number of hydrogen-bond acceptors (Lipinski definition) is 3. The molecule has 2 N–H and O–H groups in total. The molecule has 0 aliphatic carbocycles. The average molecular weight is 271 g/mol.